The fourth-order valence-corrected chi connectivity index (χ4v) is 17.8. The number of hydrogen-bond donors (Lipinski definition) is 0. The molecule has 0 saturated carbocycles. The Morgan fingerprint density at radius 3 is 1.11 bits per heavy atom. The van der Waals surface area contributed by atoms with E-state index in [1.807, 2.05) is 48.8 Å². The molecule has 0 saturated heterocycles. The maximum atomic E-state index is 4.38. The van der Waals surface area contributed by atoms with E-state index in [0.717, 1.165) is 33.4 Å². The van der Waals surface area contributed by atoms with Crippen LogP contribution in [0.3, 0.4) is 0 Å². The number of benzene rings is 1. The molecular weight excluding hydrogens is 589 g/mol. The smallest absolute Gasteiger partial charge is 0.146 e. The Morgan fingerprint density at radius 1 is 0.435 bits per heavy atom. The van der Waals surface area contributed by atoms with Crippen molar-refractivity contribution in [3.63, 3.8) is 0 Å². The maximum Gasteiger partial charge on any atom is 0.146 e. The Labute approximate surface area is 282 Å². The van der Waals surface area contributed by atoms with Gasteiger partial charge in [0.2, 0.25) is 0 Å². The first-order valence-corrected chi connectivity index (χ1v) is 21.3. The van der Waals surface area contributed by atoms with E-state index in [2.05, 4.69) is 140 Å². The minimum absolute atomic E-state index is 0.570. The van der Waals surface area contributed by atoms with Crippen molar-refractivity contribution in [1.29, 1.82) is 0 Å². The fraction of sp³-hybridized carbons (Fsp3) is 0.429. The summed E-state index contributed by atoms with van der Waals surface area (Å²) in [4.78, 5) is 8.75. The lowest BCUT2D eigenvalue weighted by Gasteiger charge is -2.38. The fourth-order valence-electron chi connectivity index (χ4n) is 7.38. The van der Waals surface area contributed by atoms with Crippen LogP contribution in [0.15, 0.2) is 61.2 Å². The average molecular weight is 641 g/mol. The third-order valence-electron chi connectivity index (χ3n) is 9.75. The van der Waals surface area contributed by atoms with Crippen LogP contribution in [-0.4, -0.2) is 26.1 Å². The molecule has 0 amide bonds. The lowest BCUT2D eigenvalue weighted by Crippen LogP contribution is -2.43. The Bertz CT molecular complexity index is 1580. The van der Waals surface area contributed by atoms with Gasteiger partial charge < -0.3 is 0 Å². The Hall–Kier alpha value is -3.81. The summed E-state index contributed by atoms with van der Waals surface area (Å²) in [6.45, 7) is 28.0. The first-order valence-electron chi connectivity index (χ1n) is 16.8. The van der Waals surface area contributed by atoms with Gasteiger partial charge in [-0.3, -0.25) is 9.97 Å². The zero-order chi connectivity index (χ0) is 34.1. The van der Waals surface area contributed by atoms with Gasteiger partial charge in [-0.15, -0.1) is 11.1 Å². The van der Waals surface area contributed by atoms with Gasteiger partial charge in [-0.25, -0.2) is 0 Å². The highest BCUT2D eigenvalue weighted by molar-refractivity contribution is 6.91. The molecule has 3 aromatic rings. The summed E-state index contributed by atoms with van der Waals surface area (Å²) >= 11 is 0. The van der Waals surface area contributed by atoms with Gasteiger partial charge in [0.15, 0.2) is 0 Å². The van der Waals surface area contributed by atoms with Crippen LogP contribution in [0.5, 0.6) is 0 Å². The molecule has 0 atom stereocenters. The topological polar surface area (TPSA) is 25.8 Å². The van der Waals surface area contributed by atoms with E-state index >= 15 is 0 Å². The van der Waals surface area contributed by atoms with Gasteiger partial charge >= 0.3 is 0 Å². The number of nitrogens with zero attached hydrogens (tertiary/aromatic N) is 2. The molecule has 0 bridgehead atoms. The van der Waals surface area contributed by atoms with Crippen molar-refractivity contribution < 1.29 is 0 Å². The van der Waals surface area contributed by atoms with E-state index in [4.69, 9.17) is 0 Å². The second-order valence-corrected chi connectivity index (χ2v) is 25.4. The van der Waals surface area contributed by atoms with Crippen LogP contribution in [-0.2, 0) is 0 Å². The summed E-state index contributed by atoms with van der Waals surface area (Å²) in [6.07, 6.45) is 7.29. The molecule has 4 heteroatoms. The molecule has 2 aromatic heterocycles. The summed E-state index contributed by atoms with van der Waals surface area (Å²) in [5, 5.41) is 0. The third kappa shape index (κ3) is 8.31. The molecule has 2 nitrogen and oxygen atoms in total. The molecule has 46 heavy (non-hydrogen) atoms. The molecular formula is C42H52N2Si2. The van der Waals surface area contributed by atoms with Crippen molar-refractivity contribution >= 4 is 16.1 Å². The highest BCUT2D eigenvalue weighted by Gasteiger charge is 2.42. The number of aromatic nitrogens is 2. The second kappa shape index (κ2) is 16.1. The molecule has 0 spiro atoms. The van der Waals surface area contributed by atoms with E-state index in [-0.39, 0.29) is 0 Å². The SMILES string of the molecule is CC(C)[Si](C#Cc1cnccc1C#Cc1cccc(C#Cc2ccncc2C#C[Si](C(C)C)(C(C)C)C(C)C)c1)(C(C)C)C(C)C. The predicted octanol–water partition coefficient (Wildman–Crippen LogP) is 10.4. The van der Waals surface area contributed by atoms with Crippen molar-refractivity contribution in [1.82, 2.24) is 9.97 Å². The lowest BCUT2D eigenvalue weighted by atomic mass is 10.1. The van der Waals surface area contributed by atoms with E-state index in [0.29, 0.717) is 33.2 Å². The van der Waals surface area contributed by atoms with Crippen LogP contribution in [0, 0.1) is 46.6 Å². The van der Waals surface area contributed by atoms with Gasteiger partial charge in [-0.05, 0) is 63.6 Å². The summed E-state index contributed by atoms with van der Waals surface area (Å²) < 4.78 is 0. The molecule has 1 aromatic carbocycles. The van der Waals surface area contributed by atoms with Crippen molar-refractivity contribution in [2.45, 2.75) is 116 Å². The largest absolute Gasteiger partial charge is 0.263 e. The minimum Gasteiger partial charge on any atom is -0.263 e. The number of hydrogen-bond acceptors (Lipinski definition) is 2. The van der Waals surface area contributed by atoms with Crippen LogP contribution in [0.1, 0.15) is 116 Å². The quantitative estimate of drug-likeness (QED) is 0.198. The van der Waals surface area contributed by atoms with Crippen molar-refractivity contribution in [3.8, 4) is 46.6 Å². The first kappa shape index (κ1) is 36.7. The molecule has 0 aliphatic carbocycles. The predicted molar refractivity (Wildman–Crippen MR) is 203 cm³/mol. The van der Waals surface area contributed by atoms with Gasteiger partial charge in [0.1, 0.15) is 16.1 Å². The van der Waals surface area contributed by atoms with Crippen LogP contribution >= 0.6 is 0 Å². The second-order valence-electron chi connectivity index (χ2n) is 14.2. The normalized spacial score (nSPS) is 11.5. The molecule has 238 valence electrons. The molecule has 0 aliphatic rings. The van der Waals surface area contributed by atoms with Crippen molar-refractivity contribution in [2.24, 2.45) is 0 Å². The van der Waals surface area contributed by atoms with E-state index < -0.39 is 16.1 Å². The standard InChI is InChI=1S/C42H52N2Si2/c1-31(2)45(32(3)4,33(5)6)26-22-41-29-43-24-20-39(41)18-16-37-14-13-15-38(28-37)17-19-40-21-25-44-30-42(40)23-27-46(34(7)8,35(9)10)36(11)12/h13-15,20-21,24-25,28-36H,1-12H3. The maximum absolute atomic E-state index is 4.38. The highest BCUT2D eigenvalue weighted by Crippen LogP contribution is 2.41. The summed E-state index contributed by atoms with van der Waals surface area (Å²) in [5.41, 5.74) is 16.5. The van der Waals surface area contributed by atoms with Gasteiger partial charge in [0.05, 0.1) is 11.1 Å². The average Bonchev–Trinajstić information content (AvgIpc) is 2.99. The first-order chi connectivity index (χ1) is 21.7. The highest BCUT2D eigenvalue weighted by atomic mass is 28.3. The van der Waals surface area contributed by atoms with E-state index in [9.17, 15) is 0 Å². The molecule has 0 radical (unpaired) electrons. The summed E-state index contributed by atoms with van der Waals surface area (Å²) in [5.74, 6) is 20.5. The molecule has 0 fully saturated rings. The van der Waals surface area contributed by atoms with Gasteiger partial charge in [-0.1, -0.05) is 125 Å². The van der Waals surface area contributed by atoms with Gasteiger partial charge in [-0.2, -0.15) is 0 Å². The molecule has 2 heterocycles. The van der Waals surface area contributed by atoms with Crippen LogP contribution in [0.25, 0.3) is 0 Å². The van der Waals surface area contributed by atoms with Crippen molar-refractivity contribution in [2.75, 3.05) is 0 Å². The molecule has 0 unspecified atom stereocenters. The van der Waals surface area contributed by atoms with Crippen LogP contribution in [0.2, 0.25) is 33.2 Å². The minimum atomic E-state index is -1.86. The zero-order valence-corrected chi connectivity index (χ0v) is 32.1. The third-order valence-corrected chi connectivity index (χ3v) is 22.3. The summed E-state index contributed by atoms with van der Waals surface area (Å²) in [7, 11) is -3.72. The van der Waals surface area contributed by atoms with E-state index in [1.54, 1.807) is 12.4 Å². The van der Waals surface area contributed by atoms with Crippen LogP contribution in [0.4, 0.5) is 0 Å². The molecule has 0 aliphatic heterocycles. The van der Waals surface area contributed by atoms with Gasteiger partial charge in [0, 0.05) is 47.0 Å². The van der Waals surface area contributed by atoms with Crippen molar-refractivity contribution in [3.05, 3.63) is 94.6 Å². The summed E-state index contributed by atoms with van der Waals surface area (Å²) in [6, 6.07) is 12.0. The van der Waals surface area contributed by atoms with Crippen LogP contribution < -0.4 is 0 Å². The Balaban J connectivity index is 1.96. The molecule has 0 N–H and O–H groups in total. The number of pyridine rings is 2. The van der Waals surface area contributed by atoms with Gasteiger partial charge in [0.25, 0.3) is 0 Å². The monoisotopic (exact) mass is 640 g/mol. The lowest BCUT2D eigenvalue weighted by molar-refractivity contribution is 0.838. The Kier molecular flexibility index (Phi) is 12.9. The van der Waals surface area contributed by atoms with E-state index in [1.165, 1.54) is 0 Å². The Morgan fingerprint density at radius 2 is 0.783 bits per heavy atom. The number of rotatable bonds is 6. The molecule has 3 rings (SSSR count). The zero-order valence-electron chi connectivity index (χ0n) is 30.1.